The minimum Gasteiger partial charge on any atom is -0.336 e. The zero-order valence-corrected chi connectivity index (χ0v) is 13.1. The second kappa shape index (κ2) is 6.23. The average molecular weight is 319 g/mol. The summed E-state index contributed by atoms with van der Waals surface area (Å²) in [4.78, 5) is 23.0. The van der Waals surface area contributed by atoms with Gasteiger partial charge in [-0.25, -0.2) is 4.98 Å². The van der Waals surface area contributed by atoms with Gasteiger partial charge in [-0.15, -0.1) is 0 Å². The van der Waals surface area contributed by atoms with Crippen molar-refractivity contribution < 1.29 is 4.79 Å². The molecule has 1 fully saturated rings. The molecule has 4 rings (SSSR count). The monoisotopic (exact) mass is 319 g/mol. The zero-order chi connectivity index (χ0) is 16.4. The molecule has 1 atom stereocenters. The number of rotatable bonds is 4. The van der Waals surface area contributed by atoms with Gasteiger partial charge in [0.2, 0.25) is 5.91 Å². The number of carbonyl (C=O) groups is 1. The summed E-state index contributed by atoms with van der Waals surface area (Å²) in [7, 11) is 0. The molecule has 0 radical (unpaired) electrons. The summed E-state index contributed by atoms with van der Waals surface area (Å²) in [5, 5.41) is 7.28. The SMILES string of the molecule is O=C1CC(c2nc(-c3ccccc3)n[nH]2)CN1Cc1ccccn1. The fraction of sp³-hybridized carbons (Fsp3) is 0.222. The number of likely N-dealkylation sites (tertiary alicyclic amines) is 1. The van der Waals surface area contributed by atoms with E-state index < -0.39 is 0 Å². The largest absolute Gasteiger partial charge is 0.336 e. The van der Waals surface area contributed by atoms with Gasteiger partial charge in [-0.05, 0) is 12.1 Å². The van der Waals surface area contributed by atoms with Crippen molar-refractivity contribution in [2.24, 2.45) is 0 Å². The lowest BCUT2D eigenvalue weighted by atomic mass is 10.1. The van der Waals surface area contributed by atoms with Crippen molar-refractivity contribution in [3.05, 3.63) is 66.2 Å². The first-order valence-electron chi connectivity index (χ1n) is 7.95. The lowest BCUT2D eigenvalue weighted by Gasteiger charge is -2.15. The minimum atomic E-state index is 0.0474. The first kappa shape index (κ1) is 14.6. The number of pyridine rings is 1. The Balaban J connectivity index is 1.48. The first-order chi connectivity index (χ1) is 11.8. The number of aromatic amines is 1. The van der Waals surface area contributed by atoms with Crippen LogP contribution in [0.2, 0.25) is 0 Å². The Morgan fingerprint density at radius 3 is 2.75 bits per heavy atom. The molecule has 1 aliphatic heterocycles. The van der Waals surface area contributed by atoms with Crippen LogP contribution < -0.4 is 0 Å². The van der Waals surface area contributed by atoms with Crippen LogP contribution in [0.5, 0.6) is 0 Å². The molecule has 0 aliphatic carbocycles. The van der Waals surface area contributed by atoms with Gasteiger partial charge in [0.25, 0.3) is 0 Å². The summed E-state index contributed by atoms with van der Waals surface area (Å²) in [6.07, 6.45) is 2.20. The quantitative estimate of drug-likeness (QED) is 0.801. The Morgan fingerprint density at radius 1 is 1.12 bits per heavy atom. The predicted octanol–water partition coefficient (Wildman–Crippen LogP) is 2.38. The van der Waals surface area contributed by atoms with Crippen LogP contribution in [0.4, 0.5) is 0 Å². The number of benzene rings is 1. The number of aromatic nitrogens is 4. The van der Waals surface area contributed by atoms with E-state index >= 15 is 0 Å². The predicted molar refractivity (Wildman–Crippen MR) is 88.8 cm³/mol. The lowest BCUT2D eigenvalue weighted by molar-refractivity contribution is -0.128. The first-order valence-corrected chi connectivity index (χ1v) is 7.95. The normalized spacial score (nSPS) is 17.4. The number of nitrogens with one attached hydrogen (secondary N) is 1. The summed E-state index contributed by atoms with van der Waals surface area (Å²) < 4.78 is 0. The highest BCUT2D eigenvalue weighted by atomic mass is 16.2. The maximum atomic E-state index is 12.3. The van der Waals surface area contributed by atoms with Gasteiger partial charge in [-0.3, -0.25) is 14.9 Å². The molecule has 1 aliphatic rings. The third kappa shape index (κ3) is 2.90. The van der Waals surface area contributed by atoms with Gasteiger partial charge in [0.1, 0.15) is 5.82 Å². The lowest BCUT2D eigenvalue weighted by Crippen LogP contribution is -2.24. The molecule has 0 saturated carbocycles. The van der Waals surface area contributed by atoms with Gasteiger partial charge in [0.05, 0.1) is 12.2 Å². The Morgan fingerprint density at radius 2 is 1.96 bits per heavy atom. The Bertz CT molecular complexity index is 831. The van der Waals surface area contributed by atoms with Gasteiger partial charge in [-0.1, -0.05) is 36.4 Å². The molecule has 24 heavy (non-hydrogen) atoms. The number of hydrogen-bond acceptors (Lipinski definition) is 4. The van der Waals surface area contributed by atoms with E-state index in [0.717, 1.165) is 17.1 Å². The van der Waals surface area contributed by atoms with Crippen molar-refractivity contribution in [3.8, 4) is 11.4 Å². The summed E-state index contributed by atoms with van der Waals surface area (Å²) >= 11 is 0. The van der Waals surface area contributed by atoms with E-state index in [1.165, 1.54) is 0 Å². The number of amides is 1. The Hall–Kier alpha value is -3.02. The van der Waals surface area contributed by atoms with Gasteiger partial charge in [-0.2, -0.15) is 5.10 Å². The van der Waals surface area contributed by atoms with Crippen LogP contribution in [0.3, 0.4) is 0 Å². The molecule has 1 saturated heterocycles. The summed E-state index contributed by atoms with van der Waals surface area (Å²) in [6, 6.07) is 15.6. The molecule has 3 aromatic rings. The van der Waals surface area contributed by atoms with Crippen molar-refractivity contribution in [2.75, 3.05) is 6.54 Å². The summed E-state index contributed by atoms with van der Waals surface area (Å²) in [5.41, 5.74) is 1.86. The molecule has 120 valence electrons. The maximum Gasteiger partial charge on any atom is 0.223 e. The number of H-pyrrole nitrogens is 1. The number of hydrogen-bond donors (Lipinski definition) is 1. The smallest absolute Gasteiger partial charge is 0.223 e. The molecule has 1 amide bonds. The Labute approximate surface area is 139 Å². The van der Waals surface area contributed by atoms with Crippen LogP contribution in [0, 0.1) is 0 Å². The van der Waals surface area contributed by atoms with Gasteiger partial charge < -0.3 is 4.90 Å². The molecule has 0 bridgehead atoms. The summed E-state index contributed by atoms with van der Waals surface area (Å²) in [6.45, 7) is 1.18. The van der Waals surface area contributed by atoms with Crippen molar-refractivity contribution in [3.63, 3.8) is 0 Å². The van der Waals surface area contributed by atoms with E-state index in [1.54, 1.807) is 6.20 Å². The fourth-order valence-corrected chi connectivity index (χ4v) is 2.97. The van der Waals surface area contributed by atoms with Crippen molar-refractivity contribution in [1.29, 1.82) is 0 Å². The maximum absolute atomic E-state index is 12.3. The van der Waals surface area contributed by atoms with Crippen LogP contribution in [-0.4, -0.2) is 37.5 Å². The van der Waals surface area contributed by atoms with Crippen molar-refractivity contribution >= 4 is 5.91 Å². The molecule has 2 aromatic heterocycles. The van der Waals surface area contributed by atoms with E-state index in [1.807, 2.05) is 53.4 Å². The Kier molecular flexibility index (Phi) is 3.78. The molecule has 1 aromatic carbocycles. The van der Waals surface area contributed by atoms with Gasteiger partial charge in [0.15, 0.2) is 5.82 Å². The van der Waals surface area contributed by atoms with Crippen LogP contribution >= 0.6 is 0 Å². The van der Waals surface area contributed by atoms with Crippen LogP contribution in [-0.2, 0) is 11.3 Å². The second-order valence-electron chi connectivity index (χ2n) is 5.91. The zero-order valence-electron chi connectivity index (χ0n) is 13.1. The minimum absolute atomic E-state index is 0.0474. The number of nitrogens with zero attached hydrogens (tertiary/aromatic N) is 4. The topological polar surface area (TPSA) is 74.8 Å². The molecule has 6 heteroatoms. The van der Waals surface area contributed by atoms with E-state index in [0.29, 0.717) is 25.3 Å². The standard InChI is InChI=1S/C18H17N5O/c24-16-10-14(11-23(16)12-15-8-4-5-9-19-15)18-20-17(21-22-18)13-6-2-1-3-7-13/h1-9,14H,10-12H2,(H,20,21,22). The van der Waals surface area contributed by atoms with Gasteiger partial charge in [0, 0.05) is 30.6 Å². The van der Waals surface area contributed by atoms with Gasteiger partial charge >= 0.3 is 0 Å². The van der Waals surface area contributed by atoms with E-state index in [2.05, 4.69) is 20.2 Å². The molecule has 0 spiro atoms. The molecular weight excluding hydrogens is 302 g/mol. The van der Waals surface area contributed by atoms with E-state index in [-0.39, 0.29) is 11.8 Å². The summed E-state index contributed by atoms with van der Waals surface area (Å²) in [5.74, 6) is 1.61. The highest BCUT2D eigenvalue weighted by Gasteiger charge is 2.32. The molecule has 1 N–H and O–H groups in total. The average Bonchev–Trinajstić information content (AvgIpc) is 3.24. The van der Waals surface area contributed by atoms with E-state index in [9.17, 15) is 4.79 Å². The third-order valence-corrected chi connectivity index (χ3v) is 4.21. The van der Waals surface area contributed by atoms with Crippen molar-refractivity contribution in [1.82, 2.24) is 25.1 Å². The van der Waals surface area contributed by atoms with Crippen LogP contribution in [0.25, 0.3) is 11.4 Å². The fourth-order valence-electron chi connectivity index (χ4n) is 2.97. The van der Waals surface area contributed by atoms with Crippen LogP contribution in [0.15, 0.2) is 54.7 Å². The molecule has 3 heterocycles. The van der Waals surface area contributed by atoms with Crippen LogP contribution in [0.1, 0.15) is 23.9 Å². The second-order valence-corrected chi connectivity index (χ2v) is 5.91. The highest BCUT2D eigenvalue weighted by Crippen LogP contribution is 2.28. The van der Waals surface area contributed by atoms with Crippen molar-refractivity contribution in [2.45, 2.75) is 18.9 Å². The molecule has 6 nitrogen and oxygen atoms in total. The van der Waals surface area contributed by atoms with E-state index in [4.69, 9.17) is 0 Å². The third-order valence-electron chi connectivity index (χ3n) is 4.21. The molecule has 1 unspecified atom stereocenters. The highest BCUT2D eigenvalue weighted by molar-refractivity contribution is 5.79. The molecular formula is C18H17N5O. The number of carbonyl (C=O) groups excluding carboxylic acids is 1.